The lowest BCUT2D eigenvalue weighted by Crippen LogP contribution is -2.70. The van der Waals surface area contributed by atoms with Crippen LogP contribution in [0.4, 0.5) is 0 Å². The van der Waals surface area contributed by atoms with Crippen LogP contribution in [-0.2, 0) is 20.8 Å². The third kappa shape index (κ3) is 3.90. The summed E-state index contributed by atoms with van der Waals surface area (Å²) in [4.78, 5) is 43.4. The highest BCUT2D eigenvalue weighted by Gasteiger charge is 2.53. The van der Waals surface area contributed by atoms with Crippen LogP contribution in [0.15, 0.2) is 53.2 Å². The maximum Gasteiger partial charge on any atom is 0.352 e. The van der Waals surface area contributed by atoms with Crippen LogP contribution in [0.3, 0.4) is 0 Å². The Labute approximate surface area is 181 Å². The highest BCUT2D eigenvalue weighted by Crippen LogP contribution is 2.40. The van der Waals surface area contributed by atoms with Gasteiger partial charge in [0.1, 0.15) is 17.1 Å². The van der Waals surface area contributed by atoms with Crippen LogP contribution in [-0.4, -0.2) is 49.9 Å². The van der Waals surface area contributed by atoms with E-state index in [1.54, 1.807) is 11.6 Å². The number of carbonyl (C=O) groups excluding carboxylic acids is 2. The molecule has 0 spiro atoms. The Kier molecular flexibility index (Phi) is 5.74. The standard InChI is InChI=1S/C21H19N3O4S2/c1-12-15(30-11-22-12)8-7-14-10-29-20-17(19(26)24(20)18(14)21(27)28)23-16(25)9-13-5-3-2-4-6-13/h2-8,11,17,20H,9-10H2,1H3,(H,23,25)(H,27,28)/b8-7+/t17-,20-/m1/s1. The summed E-state index contributed by atoms with van der Waals surface area (Å²) in [6, 6.07) is 8.55. The molecule has 2 aliphatic rings. The van der Waals surface area contributed by atoms with Crippen molar-refractivity contribution in [3.63, 3.8) is 0 Å². The number of amides is 2. The minimum absolute atomic E-state index is 0.0178. The topological polar surface area (TPSA) is 99.6 Å². The number of aryl methyl sites for hydroxylation is 1. The fraction of sp³-hybridized carbons (Fsp3) is 0.238. The Morgan fingerprint density at radius 1 is 1.30 bits per heavy atom. The molecule has 2 amide bonds. The molecule has 1 saturated heterocycles. The van der Waals surface area contributed by atoms with E-state index in [0.29, 0.717) is 11.3 Å². The third-order valence-corrected chi connectivity index (χ3v) is 7.14. The zero-order valence-electron chi connectivity index (χ0n) is 16.1. The predicted molar refractivity (Wildman–Crippen MR) is 116 cm³/mol. The number of aromatic nitrogens is 1. The molecule has 0 saturated carbocycles. The van der Waals surface area contributed by atoms with Gasteiger partial charge in [0.2, 0.25) is 5.91 Å². The van der Waals surface area contributed by atoms with Gasteiger partial charge in [0.15, 0.2) is 0 Å². The lowest BCUT2D eigenvalue weighted by atomic mass is 10.0. The van der Waals surface area contributed by atoms with Gasteiger partial charge in [-0.25, -0.2) is 9.78 Å². The second-order valence-corrected chi connectivity index (χ2v) is 8.92. The average molecular weight is 442 g/mol. The first kappa shape index (κ1) is 20.4. The monoisotopic (exact) mass is 441 g/mol. The molecule has 154 valence electrons. The molecule has 2 aliphatic heterocycles. The van der Waals surface area contributed by atoms with Gasteiger partial charge in [0.25, 0.3) is 5.91 Å². The second-order valence-electron chi connectivity index (χ2n) is 6.93. The van der Waals surface area contributed by atoms with E-state index in [2.05, 4.69) is 10.3 Å². The van der Waals surface area contributed by atoms with E-state index in [1.807, 2.05) is 43.3 Å². The third-order valence-electron chi connectivity index (χ3n) is 4.94. The van der Waals surface area contributed by atoms with E-state index in [4.69, 9.17) is 0 Å². The van der Waals surface area contributed by atoms with Crippen LogP contribution in [0.5, 0.6) is 0 Å². The summed E-state index contributed by atoms with van der Waals surface area (Å²) in [5, 5.41) is 12.1. The lowest BCUT2D eigenvalue weighted by molar-refractivity contribution is -0.150. The van der Waals surface area contributed by atoms with Crippen molar-refractivity contribution in [2.24, 2.45) is 0 Å². The number of β-lactam (4-membered cyclic amide) rings is 1. The lowest BCUT2D eigenvalue weighted by Gasteiger charge is -2.49. The highest BCUT2D eigenvalue weighted by atomic mass is 32.2. The molecule has 3 heterocycles. The second kappa shape index (κ2) is 8.45. The molecule has 2 aromatic rings. The number of thiazole rings is 1. The van der Waals surface area contributed by atoms with Crippen molar-refractivity contribution in [1.29, 1.82) is 0 Å². The number of carboxylic acids is 1. The first-order chi connectivity index (χ1) is 14.5. The Balaban J connectivity index is 1.49. The zero-order valence-corrected chi connectivity index (χ0v) is 17.7. The van der Waals surface area contributed by atoms with Crippen molar-refractivity contribution in [2.75, 3.05) is 5.75 Å². The van der Waals surface area contributed by atoms with Gasteiger partial charge in [-0.05, 0) is 24.1 Å². The normalized spacial score (nSPS) is 20.8. The Morgan fingerprint density at radius 3 is 2.73 bits per heavy atom. The van der Waals surface area contributed by atoms with Crippen molar-refractivity contribution < 1.29 is 19.5 Å². The maximum absolute atomic E-state index is 12.7. The molecule has 2 atom stereocenters. The quantitative estimate of drug-likeness (QED) is 0.668. The molecule has 2 N–H and O–H groups in total. The average Bonchev–Trinajstić information content (AvgIpc) is 3.15. The summed E-state index contributed by atoms with van der Waals surface area (Å²) < 4.78 is 0. The Bertz CT molecular complexity index is 1060. The minimum atomic E-state index is -1.15. The number of benzene rings is 1. The van der Waals surface area contributed by atoms with Crippen LogP contribution in [0.2, 0.25) is 0 Å². The SMILES string of the molecule is Cc1ncsc1/C=C/C1=C(C(=O)O)N2C(=O)[C@@H](NC(=O)Cc3ccccc3)[C@H]2SC1. The number of hydrogen-bond acceptors (Lipinski definition) is 6. The van der Waals surface area contributed by atoms with Gasteiger partial charge in [-0.2, -0.15) is 0 Å². The molecular formula is C21H19N3O4S2. The summed E-state index contributed by atoms with van der Waals surface area (Å²) in [5.41, 5.74) is 4.01. The fourth-order valence-electron chi connectivity index (χ4n) is 3.42. The van der Waals surface area contributed by atoms with Crippen molar-refractivity contribution in [2.45, 2.75) is 24.8 Å². The number of rotatable bonds is 6. The molecule has 9 heteroatoms. The predicted octanol–water partition coefficient (Wildman–Crippen LogP) is 2.45. The molecule has 4 rings (SSSR count). The number of fused-ring (bicyclic) bond motifs is 1. The van der Waals surface area contributed by atoms with Gasteiger partial charge in [-0.15, -0.1) is 23.1 Å². The first-order valence-corrected chi connectivity index (χ1v) is 11.2. The number of nitrogens with one attached hydrogen (secondary N) is 1. The molecule has 1 aromatic carbocycles. The van der Waals surface area contributed by atoms with E-state index < -0.39 is 23.3 Å². The van der Waals surface area contributed by atoms with Gasteiger partial charge in [-0.1, -0.05) is 36.4 Å². The van der Waals surface area contributed by atoms with Gasteiger partial charge < -0.3 is 10.4 Å². The van der Waals surface area contributed by atoms with E-state index in [0.717, 1.165) is 16.1 Å². The van der Waals surface area contributed by atoms with Crippen LogP contribution in [0.25, 0.3) is 6.08 Å². The van der Waals surface area contributed by atoms with Crippen molar-refractivity contribution in [3.05, 3.63) is 69.3 Å². The van der Waals surface area contributed by atoms with E-state index in [-0.39, 0.29) is 18.0 Å². The zero-order chi connectivity index (χ0) is 21.3. The van der Waals surface area contributed by atoms with E-state index in [9.17, 15) is 19.5 Å². The maximum atomic E-state index is 12.7. The van der Waals surface area contributed by atoms with Crippen molar-refractivity contribution in [1.82, 2.24) is 15.2 Å². The van der Waals surface area contributed by atoms with Crippen LogP contribution < -0.4 is 5.32 Å². The number of thioether (sulfide) groups is 1. The van der Waals surface area contributed by atoms with E-state index >= 15 is 0 Å². The van der Waals surface area contributed by atoms with Crippen molar-refractivity contribution in [3.8, 4) is 0 Å². The van der Waals surface area contributed by atoms with E-state index in [1.165, 1.54) is 28.0 Å². The summed E-state index contributed by atoms with van der Waals surface area (Å²) in [5.74, 6) is -1.36. The van der Waals surface area contributed by atoms with Gasteiger partial charge >= 0.3 is 5.97 Å². The molecule has 1 fully saturated rings. The number of allylic oxidation sites excluding steroid dienone is 1. The van der Waals surface area contributed by atoms with Crippen LogP contribution in [0.1, 0.15) is 16.1 Å². The highest BCUT2D eigenvalue weighted by molar-refractivity contribution is 8.00. The van der Waals surface area contributed by atoms with Gasteiger partial charge in [0, 0.05) is 10.6 Å². The minimum Gasteiger partial charge on any atom is -0.477 e. The molecule has 7 nitrogen and oxygen atoms in total. The number of nitrogens with zero attached hydrogens (tertiary/aromatic N) is 2. The Morgan fingerprint density at radius 2 is 2.07 bits per heavy atom. The molecule has 0 bridgehead atoms. The van der Waals surface area contributed by atoms with Gasteiger partial charge in [-0.3, -0.25) is 14.5 Å². The molecule has 0 unspecified atom stereocenters. The molecule has 0 aliphatic carbocycles. The molecule has 0 radical (unpaired) electrons. The largest absolute Gasteiger partial charge is 0.477 e. The fourth-order valence-corrected chi connectivity index (χ4v) is 5.44. The Hall–Kier alpha value is -2.91. The van der Waals surface area contributed by atoms with Crippen LogP contribution >= 0.6 is 23.1 Å². The van der Waals surface area contributed by atoms with Gasteiger partial charge in [0.05, 0.1) is 17.6 Å². The van der Waals surface area contributed by atoms with Crippen molar-refractivity contribution >= 4 is 47.0 Å². The number of aliphatic carboxylic acids is 1. The molecule has 1 aromatic heterocycles. The number of carboxylic acid groups (broad SMARTS) is 1. The molecule has 30 heavy (non-hydrogen) atoms. The smallest absolute Gasteiger partial charge is 0.352 e. The number of hydrogen-bond donors (Lipinski definition) is 2. The summed E-state index contributed by atoms with van der Waals surface area (Å²) >= 11 is 2.92. The number of carbonyl (C=O) groups is 3. The summed E-state index contributed by atoms with van der Waals surface area (Å²) in [7, 11) is 0. The molecular weight excluding hydrogens is 422 g/mol. The van der Waals surface area contributed by atoms with Crippen LogP contribution in [0, 0.1) is 6.92 Å². The summed E-state index contributed by atoms with van der Waals surface area (Å²) in [6.45, 7) is 1.88. The summed E-state index contributed by atoms with van der Waals surface area (Å²) in [6.07, 6.45) is 3.74. The first-order valence-electron chi connectivity index (χ1n) is 9.28.